The van der Waals surface area contributed by atoms with Crippen LogP contribution in [0.1, 0.15) is 18.9 Å². The van der Waals surface area contributed by atoms with Crippen molar-refractivity contribution < 1.29 is 4.74 Å². The molecule has 1 aliphatic carbocycles. The number of nitrogen functional groups attached to an aromatic ring is 1. The third kappa shape index (κ3) is 3.16. The van der Waals surface area contributed by atoms with Gasteiger partial charge in [-0.15, -0.1) is 0 Å². The van der Waals surface area contributed by atoms with Crippen LogP contribution >= 0.6 is 0 Å². The second-order valence-electron chi connectivity index (χ2n) is 5.03. The van der Waals surface area contributed by atoms with Gasteiger partial charge >= 0.3 is 0 Å². The zero-order chi connectivity index (χ0) is 14.7. The van der Waals surface area contributed by atoms with Crippen LogP contribution in [-0.4, -0.2) is 22.7 Å². The van der Waals surface area contributed by atoms with E-state index < -0.39 is 0 Å². The second kappa shape index (κ2) is 5.87. The van der Waals surface area contributed by atoms with Gasteiger partial charge in [0.25, 0.3) is 5.56 Å². The van der Waals surface area contributed by atoms with E-state index in [4.69, 9.17) is 10.5 Å². The van der Waals surface area contributed by atoms with Crippen LogP contribution < -0.4 is 21.3 Å². The monoisotopic (exact) mass is 286 g/mol. The van der Waals surface area contributed by atoms with Crippen LogP contribution in [0.15, 0.2) is 41.5 Å². The average molecular weight is 286 g/mol. The molecule has 2 aromatic rings. The van der Waals surface area contributed by atoms with Crippen molar-refractivity contribution in [2.24, 2.45) is 0 Å². The summed E-state index contributed by atoms with van der Waals surface area (Å²) in [5, 5.41) is 3.02. The molecule has 1 aromatic heterocycles. The van der Waals surface area contributed by atoms with Crippen LogP contribution in [-0.2, 0) is 0 Å². The third-order valence-electron chi connectivity index (χ3n) is 3.38. The SMILES string of the molecule is Nc1ccccc1OCCNc1nccn(C2CC2)c1=O. The molecule has 6 heteroatoms. The van der Waals surface area contributed by atoms with E-state index in [2.05, 4.69) is 10.3 Å². The summed E-state index contributed by atoms with van der Waals surface area (Å²) in [5.74, 6) is 1.02. The maximum absolute atomic E-state index is 12.1. The van der Waals surface area contributed by atoms with Gasteiger partial charge in [-0.1, -0.05) is 12.1 Å². The van der Waals surface area contributed by atoms with Crippen LogP contribution in [0, 0.1) is 0 Å². The first-order valence-corrected chi connectivity index (χ1v) is 7.04. The van der Waals surface area contributed by atoms with Gasteiger partial charge < -0.3 is 20.4 Å². The largest absolute Gasteiger partial charge is 0.490 e. The fraction of sp³-hybridized carbons (Fsp3) is 0.333. The zero-order valence-electron chi connectivity index (χ0n) is 11.7. The lowest BCUT2D eigenvalue weighted by atomic mass is 10.3. The minimum atomic E-state index is -0.0702. The maximum Gasteiger partial charge on any atom is 0.293 e. The lowest BCUT2D eigenvalue weighted by Crippen LogP contribution is -2.25. The van der Waals surface area contributed by atoms with Crippen LogP contribution in [0.3, 0.4) is 0 Å². The molecule has 3 N–H and O–H groups in total. The van der Waals surface area contributed by atoms with Crippen molar-refractivity contribution in [2.45, 2.75) is 18.9 Å². The molecule has 1 saturated carbocycles. The second-order valence-corrected chi connectivity index (χ2v) is 5.03. The Hall–Kier alpha value is -2.50. The van der Waals surface area contributed by atoms with Gasteiger partial charge in [-0.05, 0) is 25.0 Å². The van der Waals surface area contributed by atoms with Gasteiger partial charge in [-0.2, -0.15) is 0 Å². The van der Waals surface area contributed by atoms with Crippen LogP contribution in [0.25, 0.3) is 0 Å². The summed E-state index contributed by atoms with van der Waals surface area (Å²) in [6.45, 7) is 0.902. The molecule has 0 amide bonds. The van der Waals surface area contributed by atoms with E-state index in [0.29, 0.717) is 36.4 Å². The van der Waals surface area contributed by atoms with E-state index >= 15 is 0 Å². The number of ether oxygens (including phenoxy) is 1. The van der Waals surface area contributed by atoms with Crippen molar-refractivity contribution in [1.29, 1.82) is 0 Å². The fourth-order valence-corrected chi connectivity index (χ4v) is 2.13. The molecular formula is C15H18N4O2. The zero-order valence-corrected chi connectivity index (χ0v) is 11.7. The smallest absolute Gasteiger partial charge is 0.293 e. The predicted molar refractivity (Wildman–Crippen MR) is 81.6 cm³/mol. The predicted octanol–water partition coefficient (Wildman–Crippen LogP) is 1.65. The first kappa shape index (κ1) is 13.5. The highest BCUT2D eigenvalue weighted by atomic mass is 16.5. The Morgan fingerprint density at radius 3 is 2.95 bits per heavy atom. The fourth-order valence-electron chi connectivity index (χ4n) is 2.13. The molecule has 1 heterocycles. The van der Waals surface area contributed by atoms with Gasteiger partial charge in [0.1, 0.15) is 12.4 Å². The highest BCUT2D eigenvalue weighted by Crippen LogP contribution is 2.33. The van der Waals surface area contributed by atoms with Crippen LogP contribution in [0.5, 0.6) is 5.75 Å². The average Bonchev–Trinajstić information content (AvgIpc) is 3.31. The quantitative estimate of drug-likeness (QED) is 0.623. The molecule has 0 radical (unpaired) electrons. The number of hydrogen-bond acceptors (Lipinski definition) is 5. The number of nitrogens with two attached hydrogens (primary N) is 1. The Morgan fingerprint density at radius 1 is 1.38 bits per heavy atom. The summed E-state index contributed by atoms with van der Waals surface area (Å²) in [5.41, 5.74) is 6.32. The molecule has 6 nitrogen and oxygen atoms in total. The van der Waals surface area contributed by atoms with Gasteiger partial charge in [-0.25, -0.2) is 4.98 Å². The van der Waals surface area contributed by atoms with Crippen molar-refractivity contribution in [3.8, 4) is 5.75 Å². The number of anilines is 2. The van der Waals surface area contributed by atoms with Crippen molar-refractivity contribution in [3.63, 3.8) is 0 Å². The molecule has 0 atom stereocenters. The first-order chi connectivity index (χ1) is 10.3. The summed E-state index contributed by atoms with van der Waals surface area (Å²) in [7, 11) is 0. The van der Waals surface area contributed by atoms with Gasteiger partial charge in [-0.3, -0.25) is 4.79 Å². The number of aromatic nitrogens is 2. The van der Waals surface area contributed by atoms with Gasteiger partial charge in [0.05, 0.1) is 12.2 Å². The van der Waals surface area contributed by atoms with Gasteiger partial charge in [0.2, 0.25) is 0 Å². The summed E-state index contributed by atoms with van der Waals surface area (Å²) in [6, 6.07) is 7.67. The Bertz CT molecular complexity index is 679. The summed E-state index contributed by atoms with van der Waals surface area (Å²) in [4.78, 5) is 16.2. The lowest BCUT2D eigenvalue weighted by Gasteiger charge is -2.10. The van der Waals surface area contributed by atoms with E-state index in [1.807, 2.05) is 18.2 Å². The van der Waals surface area contributed by atoms with Crippen LogP contribution in [0.4, 0.5) is 11.5 Å². The maximum atomic E-state index is 12.1. The van der Waals surface area contributed by atoms with E-state index in [9.17, 15) is 4.79 Å². The number of rotatable bonds is 6. The minimum absolute atomic E-state index is 0.0702. The molecule has 1 aromatic carbocycles. The Kier molecular flexibility index (Phi) is 3.77. The topological polar surface area (TPSA) is 82.2 Å². The molecule has 0 saturated heterocycles. The Balaban J connectivity index is 1.55. The third-order valence-corrected chi connectivity index (χ3v) is 3.38. The molecule has 3 rings (SSSR count). The molecule has 21 heavy (non-hydrogen) atoms. The Morgan fingerprint density at radius 2 is 2.19 bits per heavy atom. The normalized spacial score (nSPS) is 13.9. The highest BCUT2D eigenvalue weighted by molar-refractivity contribution is 5.51. The number of nitrogens with one attached hydrogen (secondary N) is 1. The molecule has 0 bridgehead atoms. The van der Waals surface area contributed by atoms with E-state index in [0.717, 1.165) is 12.8 Å². The van der Waals surface area contributed by atoms with Gasteiger partial charge in [0, 0.05) is 18.4 Å². The number of benzene rings is 1. The molecule has 0 aliphatic heterocycles. The van der Waals surface area contributed by atoms with Crippen molar-refractivity contribution in [1.82, 2.24) is 9.55 Å². The van der Waals surface area contributed by atoms with Crippen molar-refractivity contribution in [2.75, 3.05) is 24.2 Å². The van der Waals surface area contributed by atoms with Crippen molar-refractivity contribution in [3.05, 3.63) is 47.0 Å². The summed E-state index contributed by atoms with van der Waals surface area (Å²) in [6.07, 6.45) is 5.53. The minimum Gasteiger partial charge on any atom is -0.490 e. The lowest BCUT2D eigenvalue weighted by molar-refractivity contribution is 0.334. The van der Waals surface area contributed by atoms with E-state index in [1.54, 1.807) is 23.0 Å². The number of para-hydroxylation sites is 2. The first-order valence-electron chi connectivity index (χ1n) is 7.04. The highest BCUT2D eigenvalue weighted by Gasteiger charge is 2.25. The number of hydrogen-bond donors (Lipinski definition) is 2. The van der Waals surface area contributed by atoms with Gasteiger partial charge in [0.15, 0.2) is 5.82 Å². The summed E-state index contributed by atoms with van der Waals surface area (Å²) < 4.78 is 7.31. The molecule has 0 spiro atoms. The number of nitrogens with zero attached hydrogens (tertiary/aromatic N) is 2. The molecular weight excluding hydrogens is 268 g/mol. The summed E-state index contributed by atoms with van der Waals surface area (Å²) >= 11 is 0. The van der Waals surface area contributed by atoms with E-state index in [1.165, 1.54) is 0 Å². The molecule has 1 fully saturated rings. The molecule has 110 valence electrons. The Labute approximate surface area is 122 Å². The van der Waals surface area contributed by atoms with Crippen LogP contribution in [0.2, 0.25) is 0 Å². The van der Waals surface area contributed by atoms with Crippen molar-refractivity contribution >= 4 is 11.5 Å². The standard InChI is InChI=1S/C15H18N4O2/c16-12-3-1-2-4-13(12)21-10-8-18-14-15(20)19(9-7-17-14)11-5-6-11/h1-4,7,9,11H,5-6,8,10,16H2,(H,17,18). The molecule has 0 unspecified atom stereocenters. The molecule has 1 aliphatic rings. The van der Waals surface area contributed by atoms with E-state index in [-0.39, 0.29) is 5.56 Å².